The Morgan fingerprint density at radius 2 is 1.83 bits per heavy atom. The third-order valence-electron chi connectivity index (χ3n) is 5.26. The molecule has 0 saturated carbocycles. The summed E-state index contributed by atoms with van der Waals surface area (Å²) in [6, 6.07) is 0.545. The Morgan fingerprint density at radius 3 is 2.61 bits per heavy atom. The van der Waals surface area contributed by atoms with E-state index in [1.54, 1.807) is 0 Å². The van der Waals surface area contributed by atoms with Gasteiger partial charge in [0.05, 0.1) is 0 Å². The van der Waals surface area contributed by atoms with Crippen LogP contribution in [0.15, 0.2) is 0 Å². The van der Waals surface area contributed by atoms with Crippen LogP contribution in [0, 0.1) is 6.92 Å². The third-order valence-corrected chi connectivity index (χ3v) is 5.26. The minimum atomic E-state index is 0.545. The fraction of sp³-hybridized carbons (Fsp3) is 0.789. The topological polar surface area (TPSA) is 41.1 Å². The first-order chi connectivity index (χ1) is 11.2. The Morgan fingerprint density at radius 1 is 1.04 bits per heavy atom. The molecule has 0 bridgehead atoms. The average molecular weight is 316 g/mol. The summed E-state index contributed by atoms with van der Waals surface area (Å²) in [4.78, 5) is 12.1. The van der Waals surface area contributed by atoms with Crippen molar-refractivity contribution in [2.45, 2.75) is 71.3 Å². The van der Waals surface area contributed by atoms with Crippen molar-refractivity contribution in [2.24, 2.45) is 0 Å². The van der Waals surface area contributed by atoms with Crippen LogP contribution in [0.4, 0.5) is 0 Å². The summed E-state index contributed by atoms with van der Waals surface area (Å²) in [6.07, 6.45) is 10.1. The van der Waals surface area contributed by atoms with Crippen LogP contribution in [0.1, 0.15) is 61.8 Å². The molecule has 1 aromatic heterocycles. The summed E-state index contributed by atoms with van der Waals surface area (Å²) in [7, 11) is 0. The van der Waals surface area contributed by atoms with Gasteiger partial charge in [0.15, 0.2) is 0 Å². The minimum Gasteiger partial charge on any atom is -0.313 e. The highest BCUT2D eigenvalue weighted by atomic mass is 15.1. The first-order valence-electron chi connectivity index (χ1n) is 9.53. The van der Waals surface area contributed by atoms with Crippen LogP contribution in [-0.4, -0.2) is 47.1 Å². The molecule has 1 aromatic rings. The Labute approximate surface area is 141 Å². The van der Waals surface area contributed by atoms with Gasteiger partial charge >= 0.3 is 0 Å². The van der Waals surface area contributed by atoms with E-state index in [2.05, 4.69) is 24.1 Å². The van der Waals surface area contributed by atoms with Crippen LogP contribution in [0.5, 0.6) is 0 Å². The molecule has 2 heterocycles. The van der Waals surface area contributed by atoms with E-state index in [0.29, 0.717) is 6.04 Å². The summed E-state index contributed by atoms with van der Waals surface area (Å²) in [5.41, 5.74) is 3.93. The van der Waals surface area contributed by atoms with Crippen molar-refractivity contribution in [2.75, 3.05) is 26.2 Å². The molecule has 23 heavy (non-hydrogen) atoms. The summed E-state index contributed by atoms with van der Waals surface area (Å²) >= 11 is 0. The Kier molecular flexibility index (Phi) is 6.01. The van der Waals surface area contributed by atoms with Crippen molar-refractivity contribution in [1.82, 2.24) is 20.2 Å². The Hall–Kier alpha value is -1.00. The van der Waals surface area contributed by atoms with Crippen LogP contribution in [0.3, 0.4) is 0 Å². The number of hydrogen-bond donors (Lipinski definition) is 1. The lowest BCUT2D eigenvalue weighted by Gasteiger charge is -2.24. The van der Waals surface area contributed by atoms with Crippen LogP contribution in [0.25, 0.3) is 0 Å². The van der Waals surface area contributed by atoms with Crippen molar-refractivity contribution in [3.8, 4) is 0 Å². The molecule has 0 aromatic carbocycles. The highest BCUT2D eigenvalue weighted by molar-refractivity contribution is 5.29. The number of nitrogens with zero attached hydrogens (tertiary/aromatic N) is 3. The van der Waals surface area contributed by atoms with Crippen LogP contribution in [0.2, 0.25) is 0 Å². The largest absolute Gasteiger partial charge is 0.313 e. The lowest BCUT2D eigenvalue weighted by molar-refractivity contribution is 0.256. The van der Waals surface area contributed by atoms with Crippen molar-refractivity contribution >= 4 is 0 Å². The minimum absolute atomic E-state index is 0.545. The van der Waals surface area contributed by atoms with E-state index in [0.717, 1.165) is 25.2 Å². The number of fused-ring (bicyclic) bond motifs is 1. The second kappa shape index (κ2) is 8.20. The molecule has 2 aliphatic rings. The highest BCUT2D eigenvalue weighted by Crippen LogP contribution is 2.22. The predicted octanol–water partition coefficient (Wildman–Crippen LogP) is 2.67. The molecular weight excluding hydrogens is 284 g/mol. The number of hydrogen-bond acceptors (Lipinski definition) is 4. The van der Waals surface area contributed by atoms with Gasteiger partial charge < -0.3 is 10.2 Å². The molecule has 0 spiro atoms. The number of nitrogens with one attached hydrogen (secondary N) is 1. The van der Waals surface area contributed by atoms with Gasteiger partial charge in [-0.2, -0.15) is 0 Å². The predicted molar refractivity (Wildman–Crippen MR) is 94.9 cm³/mol. The standard InChI is InChI=1S/C19H32N4/c1-15(14-23-12-5-3-4-6-13-23)20-11-10-19-21-16(2)17-8-7-9-18(17)22-19/h15,20H,3-14H2,1-2H3. The van der Waals surface area contributed by atoms with Gasteiger partial charge in [-0.05, 0) is 64.6 Å². The third kappa shape index (κ3) is 4.74. The van der Waals surface area contributed by atoms with E-state index < -0.39 is 0 Å². The van der Waals surface area contributed by atoms with E-state index in [9.17, 15) is 0 Å². The molecular formula is C19H32N4. The van der Waals surface area contributed by atoms with E-state index in [-0.39, 0.29) is 0 Å². The molecule has 1 N–H and O–H groups in total. The monoisotopic (exact) mass is 316 g/mol. The summed E-state index contributed by atoms with van der Waals surface area (Å²) in [6.45, 7) is 9.15. The molecule has 1 aliphatic heterocycles. The molecule has 1 unspecified atom stereocenters. The highest BCUT2D eigenvalue weighted by Gasteiger charge is 2.17. The molecule has 1 atom stereocenters. The number of rotatable bonds is 6. The molecule has 1 aliphatic carbocycles. The van der Waals surface area contributed by atoms with E-state index in [4.69, 9.17) is 9.97 Å². The van der Waals surface area contributed by atoms with E-state index >= 15 is 0 Å². The van der Waals surface area contributed by atoms with Crippen molar-refractivity contribution in [3.63, 3.8) is 0 Å². The van der Waals surface area contributed by atoms with Gasteiger partial charge in [-0.15, -0.1) is 0 Å². The van der Waals surface area contributed by atoms with Gasteiger partial charge in [0.25, 0.3) is 0 Å². The number of likely N-dealkylation sites (tertiary alicyclic amines) is 1. The average Bonchev–Trinajstić information content (AvgIpc) is 2.85. The summed E-state index contributed by atoms with van der Waals surface area (Å²) in [5.74, 6) is 1.03. The Balaban J connectivity index is 1.43. The summed E-state index contributed by atoms with van der Waals surface area (Å²) < 4.78 is 0. The second-order valence-corrected chi connectivity index (χ2v) is 7.32. The zero-order valence-corrected chi connectivity index (χ0v) is 14.9. The van der Waals surface area contributed by atoms with Crippen molar-refractivity contribution in [3.05, 3.63) is 22.8 Å². The van der Waals surface area contributed by atoms with E-state index in [1.165, 1.54) is 75.1 Å². The van der Waals surface area contributed by atoms with Crippen molar-refractivity contribution in [1.29, 1.82) is 0 Å². The second-order valence-electron chi connectivity index (χ2n) is 7.32. The number of aryl methyl sites for hydroxylation is 2. The number of aromatic nitrogens is 2. The maximum absolute atomic E-state index is 4.78. The SMILES string of the molecule is Cc1nc(CCNC(C)CN2CCCCCC2)nc2c1CCC2. The molecule has 1 fully saturated rings. The molecule has 128 valence electrons. The van der Waals surface area contributed by atoms with Gasteiger partial charge in [-0.25, -0.2) is 9.97 Å². The van der Waals surface area contributed by atoms with Crippen LogP contribution >= 0.6 is 0 Å². The lowest BCUT2D eigenvalue weighted by atomic mass is 10.2. The smallest absolute Gasteiger partial charge is 0.130 e. The Bertz CT molecular complexity index is 506. The molecule has 4 nitrogen and oxygen atoms in total. The maximum Gasteiger partial charge on any atom is 0.130 e. The normalized spacial score (nSPS) is 20.3. The zero-order chi connectivity index (χ0) is 16.1. The van der Waals surface area contributed by atoms with Crippen LogP contribution in [-0.2, 0) is 19.3 Å². The van der Waals surface area contributed by atoms with E-state index in [1.807, 2.05) is 0 Å². The van der Waals surface area contributed by atoms with Gasteiger partial charge in [-0.1, -0.05) is 12.8 Å². The quantitative estimate of drug-likeness (QED) is 0.876. The zero-order valence-electron chi connectivity index (χ0n) is 14.9. The molecule has 1 saturated heterocycles. The lowest BCUT2D eigenvalue weighted by Crippen LogP contribution is -2.40. The van der Waals surface area contributed by atoms with Gasteiger partial charge in [0.1, 0.15) is 5.82 Å². The van der Waals surface area contributed by atoms with Gasteiger partial charge in [-0.3, -0.25) is 0 Å². The fourth-order valence-electron chi connectivity index (χ4n) is 4.00. The first kappa shape index (κ1) is 16.8. The molecule has 3 rings (SSSR count). The molecule has 4 heteroatoms. The molecule has 0 amide bonds. The van der Waals surface area contributed by atoms with Gasteiger partial charge in [0, 0.05) is 36.9 Å². The first-order valence-corrected chi connectivity index (χ1v) is 9.53. The van der Waals surface area contributed by atoms with Crippen LogP contribution < -0.4 is 5.32 Å². The summed E-state index contributed by atoms with van der Waals surface area (Å²) in [5, 5.41) is 3.66. The maximum atomic E-state index is 4.78. The van der Waals surface area contributed by atoms with Crippen molar-refractivity contribution < 1.29 is 0 Å². The molecule has 0 radical (unpaired) electrons. The van der Waals surface area contributed by atoms with Gasteiger partial charge in [0.2, 0.25) is 0 Å². The fourth-order valence-corrected chi connectivity index (χ4v) is 4.00.